The van der Waals surface area contributed by atoms with Gasteiger partial charge in [0.2, 0.25) is 0 Å². The van der Waals surface area contributed by atoms with Gasteiger partial charge in [-0.3, -0.25) is 0 Å². The average Bonchev–Trinajstić information content (AvgIpc) is 2.00. The Balaban J connectivity index is 3.85. The number of hydrogen-bond acceptors (Lipinski definition) is 5. The van der Waals surface area contributed by atoms with Gasteiger partial charge in [-0.25, -0.2) is 4.79 Å². The first-order valence-electron chi connectivity index (χ1n) is 3.26. The third-order valence-corrected chi connectivity index (χ3v) is 1.05. The SMILES string of the molecule is COC(=O)/C=C(/C)NCC(=O)[O-]. The molecule has 0 spiro atoms. The predicted molar refractivity (Wildman–Crippen MR) is 38.8 cm³/mol. The maximum atomic E-state index is 10.6. The van der Waals surface area contributed by atoms with Gasteiger partial charge in [-0.1, -0.05) is 0 Å². The number of carbonyl (C=O) groups excluding carboxylic acids is 2. The second-order valence-corrected chi connectivity index (χ2v) is 2.08. The van der Waals surface area contributed by atoms with E-state index in [0.29, 0.717) is 5.70 Å². The third kappa shape index (κ3) is 5.28. The van der Waals surface area contributed by atoms with E-state index in [2.05, 4.69) is 10.1 Å². The molecule has 5 heteroatoms. The number of methoxy groups -OCH3 is 1. The van der Waals surface area contributed by atoms with Crippen LogP contribution in [0.1, 0.15) is 6.92 Å². The van der Waals surface area contributed by atoms with E-state index in [1.807, 2.05) is 0 Å². The molecule has 0 aliphatic rings. The van der Waals surface area contributed by atoms with E-state index in [-0.39, 0.29) is 6.54 Å². The number of nitrogens with one attached hydrogen (secondary N) is 1. The van der Waals surface area contributed by atoms with Gasteiger partial charge in [0.25, 0.3) is 0 Å². The molecule has 0 aromatic heterocycles. The van der Waals surface area contributed by atoms with Crippen molar-refractivity contribution in [2.45, 2.75) is 6.92 Å². The van der Waals surface area contributed by atoms with E-state index in [9.17, 15) is 14.7 Å². The first-order chi connectivity index (χ1) is 5.56. The van der Waals surface area contributed by atoms with Gasteiger partial charge in [-0.2, -0.15) is 0 Å². The molecule has 0 bridgehead atoms. The van der Waals surface area contributed by atoms with E-state index in [1.54, 1.807) is 6.92 Å². The number of carbonyl (C=O) groups is 2. The van der Waals surface area contributed by atoms with Gasteiger partial charge >= 0.3 is 5.97 Å². The molecule has 0 saturated carbocycles. The molecule has 12 heavy (non-hydrogen) atoms. The number of ether oxygens (including phenoxy) is 1. The van der Waals surface area contributed by atoms with Crippen molar-refractivity contribution < 1.29 is 19.4 Å². The number of rotatable bonds is 4. The third-order valence-electron chi connectivity index (χ3n) is 1.05. The molecule has 0 saturated heterocycles. The summed E-state index contributed by atoms with van der Waals surface area (Å²) in [6.45, 7) is 1.24. The highest BCUT2D eigenvalue weighted by molar-refractivity contribution is 5.82. The van der Waals surface area contributed by atoms with Crippen molar-refractivity contribution in [2.75, 3.05) is 13.7 Å². The summed E-state index contributed by atoms with van der Waals surface area (Å²) in [5.41, 5.74) is 0.422. The molecule has 0 atom stereocenters. The standard InChI is InChI=1S/C7H11NO4/c1-5(3-7(11)12-2)8-4-6(9)10/h3,8H,4H2,1-2H3,(H,9,10)/p-1/b5-3-. The molecule has 0 heterocycles. The van der Waals surface area contributed by atoms with Crippen molar-refractivity contribution in [1.29, 1.82) is 0 Å². The molecule has 0 rings (SSSR count). The van der Waals surface area contributed by atoms with Crippen molar-refractivity contribution in [2.24, 2.45) is 0 Å². The molecule has 0 aliphatic heterocycles. The minimum Gasteiger partial charge on any atom is -0.548 e. The van der Waals surface area contributed by atoms with Crippen LogP contribution < -0.4 is 10.4 Å². The molecule has 68 valence electrons. The Morgan fingerprint density at radius 2 is 2.17 bits per heavy atom. The summed E-state index contributed by atoms with van der Waals surface area (Å²) in [6.07, 6.45) is 1.16. The minimum atomic E-state index is -1.23. The Labute approximate surface area is 70.0 Å². The van der Waals surface area contributed by atoms with Gasteiger partial charge in [-0.15, -0.1) is 0 Å². The molecule has 0 unspecified atom stereocenters. The second kappa shape index (κ2) is 5.17. The van der Waals surface area contributed by atoms with Gasteiger partial charge in [0.05, 0.1) is 19.6 Å². The topological polar surface area (TPSA) is 78.5 Å². The predicted octanol–water partition coefficient (Wildman–Crippen LogP) is -1.60. The first kappa shape index (κ1) is 10.5. The lowest BCUT2D eigenvalue weighted by atomic mass is 10.4. The Morgan fingerprint density at radius 3 is 2.58 bits per heavy atom. The van der Waals surface area contributed by atoms with Crippen LogP contribution in [0.15, 0.2) is 11.8 Å². The molecule has 0 amide bonds. The lowest BCUT2D eigenvalue weighted by molar-refractivity contribution is -0.303. The van der Waals surface area contributed by atoms with Gasteiger partial charge in [0.1, 0.15) is 0 Å². The molecule has 5 nitrogen and oxygen atoms in total. The van der Waals surface area contributed by atoms with Gasteiger partial charge in [0, 0.05) is 11.8 Å². The number of esters is 1. The molecule has 1 N–H and O–H groups in total. The van der Waals surface area contributed by atoms with Crippen molar-refractivity contribution in [3.63, 3.8) is 0 Å². The normalized spacial score (nSPS) is 10.7. The van der Waals surface area contributed by atoms with Gasteiger partial charge < -0.3 is 20.0 Å². The minimum absolute atomic E-state index is 0.320. The summed E-state index contributed by atoms with van der Waals surface area (Å²) < 4.78 is 4.31. The summed E-state index contributed by atoms with van der Waals surface area (Å²) in [5, 5.41) is 12.4. The molecular weight excluding hydrogens is 162 g/mol. The zero-order valence-corrected chi connectivity index (χ0v) is 6.92. The smallest absolute Gasteiger partial charge is 0.332 e. The van der Waals surface area contributed by atoms with E-state index >= 15 is 0 Å². The zero-order valence-electron chi connectivity index (χ0n) is 6.92. The van der Waals surface area contributed by atoms with Crippen LogP contribution in [-0.4, -0.2) is 25.6 Å². The quantitative estimate of drug-likeness (QED) is 0.408. The van der Waals surface area contributed by atoms with Crippen molar-refractivity contribution >= 4 is 11.9 Å². The number of carboxylic acids is 1. The second-order valence-electron chi connectivity index (χ2n) is 2.08. The van der Waals surface area contributed by atoms with E-state index in [0.717, 1.165) is 6.08 Å². The van der Waals surface area contributed by atoms with Crippen LogP contribution in [0.3, 0.4) is 0 Å². The zero-order chi connectivity index (χ0) is 9.56. The van der Waals surface area contributed by atoms with Crippen molar-refractivity contribution in [3.8, 4) is 0 Å². The fraction of sp³-hybridized carbons (Fsp3) is 0.429. The Hall–Kier alpha value is -1.52. The molecule has 0 radical (unpaired) electrons. The van der Waals surface area contributed by atoms with Crippen LogP contribution in [0.2, 0.25) is 0 Å². The molecule has 0 fully saturated rings. The number of carboxylic acid groups (broad SMARTS) is 1. The largest absolute Gasteiger partial charge is 0.548 e. The summed E-state index contributed by atoms with van der Waals surface area (Å²) >= 11 is 0. The lowest BCUT2D eigenvalue weighted by Gasteiger charge is -2.05. The van der Waals surface area contributed by atoms with E-state index in [4.69, 9.17) is 0 Å². The highest BCUT2D eigenvalue weighted by Crippen LogP contribution is 1.86. The van der Waals surface area contributed by atoms with Crippen LogP contribution in [0.4, 0.5) is 0 Å². The Bertz CT molecular complexity index is 209. The van der Waals surface area contributed by atoms with E-state index < -0.39 is 11.9 Å². The number of hydrogen-bond donors (Lipinski definition) is 1. The van der Waals surface area contributed by atoms with Crippen LogP contribution >= 0.6 is 0 Å². The lowest BCUT2D eigenvalue weighted by Crippen LogP contribution is -2.33. The number of aliphatic carboxylic acids is 1. The highest BCUT2D eigenvalue weighted by Gasteiger charge is 1.94. The molecule has 0 aromatic rings. The van der Waals surface area contributed by atoms with Crippen molar-refractivity contribution in [1.82, 2.24) is 5.32 Å². The van der Waals surface area contributed by atoms with Crippen LogP contribution in [0.5, 0.6) is 0 Å². The number of allylic oxidation sites excluding steroid dienone is 1. The van der Waals surface area contributed by atoms with Gasteiger partial charge in [-0.05, 0) is 6.92 Å². The molecular formula is C7H10NO4-. The van der Waals surface area contributed by atoms with E-state index in [1.165, 1.54) is 7.11 Å². The maximum absolute atomic E-state index is 10.6. The molecule has 0 aliphatic carbocycles. The Kier molecular flexibility index (Phi) is 4.52. The van der Waals surface area contributed by atoms with Crippen LogP contribution in [0.25, 0.3) is 0 Å². The van der Waals surface area contributed by atoms with Crippen LogP contribution in [-0.2, 0) is 14.3 Å². The first-order valence-corrected chi connectivity index (χ1v) is 3.26. The van der Waals surface area contributed by atoms with Crippen molar-refractivity contribution in [3.05, 3.63) is 11.8 Å². The monoisotopic (exact) mass is 172 g/mol. The van der Waals surface area contributed by atoms with Gasteiger partial charge in [0.15, 0.2) is 0 Å². The van der Waals surface area contributed by atoms with Crippen LogP contribution in [0, 0.1) is 0 Å². The Morgan fingerprint density at radius 1 is 1.58 bits per heavy atom. The fourth-order valence-corrected chi connectivity index (χ4v) is 0.498. The fourth-order valence-electron chi connectivity index (χ4n) is 0.498. The summed E-state index contributed by atoms with van der Waals surface area (Å²) in [5.74, 6) is -1.76. The maximum Gasteiger partial charge on any atom is 0.332 e. The average molecular weight is 172 g/mol. The molecule has 0 aromatic carbocycles. The summed E-state index contributed by atoms with van der Waals surface area (Å²) in [4.78, 5) is 20.5. The summed E-state index contributed by atoms with van der Waals surface area (Å²) in [6, 6.07) is 0. The summed E-state index contributed by atoms with van der Waals surface area (Å²) in [7, 11) is 1.24. The highest BCUT2D eigenvalue weighted by atomic mass is 16.5.